The van der Waals surface area contributed by atoms with Crippen LogP contribution in [0.15, 0.2) is 18.2 Å². The molecule has 84 valence electrons. The van der Waals surface area contributed by atoms with E-state index in [1.165, 1.54) is 0 Å². The fourth-order valence-electron chi connectivity index (χ4n) is 1.87. The largest absolute Gasteiger partial charge is 0.398 e. The predicted octanol–water partition coefficient (Wildman–Crippen LogP) is 1.73. The number of hydrogen-bond acceptors (Lipinski definition) is 4. The number of nitrogens with two attached hydrogens (primary N) is 1. The zero-order valence-electron chi connectivity index (χ0n) is 9.23. The summed E-state index contributed by atoms with van der Waals surface area (Å²) in [6.07, 6.45) is 2.43. The van der Waals surface area contributed by atoms with Gasteiger partial charge in [0, 0.05) is 18.8 Å². The molecule has 0 saturated heterocycles. The van der Waals surface area contributed by atoms with E-state index in [4.69, 9.17) is 15.7 Å². The zero-order chi connectivity index (χ0) is 11.5. The summed E-state index contributed by atoms with van der Waals surface area (Å²) < 4.78 is 5.21. The van der Waals surface area contributed by atoms with Gasteiger partial charge in [-0.3, -0.25) is 0 Å². The number of benzene rings is 1. The SMILES string of the molecule is COC1CC(Nc2ccc(C#N)c(N)c2)C1. The van der Waals surface area contributed by atoms with Gasteiger partial charge >= 0.3 is 0 Å². The monoisotopic (exact) mass is 217 g/mol. The first kappa shape index (κ1) is 10.8. The van der Waals surface area contributed by atoms with Crippen LogP contribution >= 0.6 is 0 Å². The van der Waals surface area contributed by atoms with Crippen molar-refractivity contribution in [3.63, 3.8) is 0 Å². The van der Waals surface area contributed by atoms with Gasteiger partial charge in [0.05, 0.1) is 17.4 Å². The summed E-state index contributed by atoms with van der Waals surface area (Å²) in [4.78, 5) is 0. The number of anilines is 2. The van der Waals surface area contributed by atoms with E-state index in [1.807, 2.05) is 12.1 Å². The molecule has 0 radical (unpaired) electrons. The Kier molecular flexibility index (Phi) is 2.97. The predicted molar refractivity (Wildman–Crippen MR) is 63.0 cm³/mol. The molecular formula is C12H15N3O. The highest BCUT2D eigenvalue weighted by molar-refractivity contribution is 5.63. The molecule has 16 heavy (non-hydrogen) atoms. The summed E-state index contributed by atoms with van der Waals surface area (Å²) in [6.45, 7) is 0. The van der Waals surface area contributed by atoms with Gasteiger partial charge in [-0.2, -0.15) is 5.26 Å². The quantitative estimate of drug-likeness (QED) is 0.756. The van der Waals surface area contributed by atoms with E-state index in [0.717, 1.165) is 18.5 Å². The fraction of sp³-hybridized carbons (Fsp3) is 0.417. The number of nitrogen functional groups attached to an aromatic ring is 1. The van der Waals surface area contributed by atoms with Crippen LogP contribution in [0.2, 0.25) is 0 Å². The highest BCUT2D eigenvalue weighted by atomic mass is 16.5. The minimum Gasteiger partial charge on any atom is -0.398 e. The number of ether oxygens (including phenoxy) is 1. The number of methoxy groups -OCH3 is 1. The smallest absolute Gasteiger partial charge is 0.101 e. The van der Waals surface area contributed by atoms with E-state index in [9.17, 15) is 0 Å². The Hall–Kier alpha value is -1.73. The van der Waals surface area contributed by atoms with Crippen molar-refractivity contribution in [3.05, 3.63) is 23.8 Å². The van der Waals surface area contributed by atoms with Crippen molar-refractivity contribution in [1.82, 2.24) is 0 Å². The van der Waals surface area contributed by atoms with Crippen molar-refractivity contribution >= 4 is 11.4 Å². The molecule has 1 aliphatic rings. The first-order valence-corrected chi connectivity index (χ1v) is 5.32. The zero-order valence-corrected chi connectivity index (χ0v) is 9.23. The van der Waals surface area contributed by atoms with Gasteiger partial charge in [-0.1, -0.05) is 0 Å². The highest BCUT2D eigenvalue weighted by Crippen LogP contribution is 2.27. The van der Waals surface area contributed by atoms with Gasteiger partial charge < -0.3 is 15.8 Å². The summed E-state index contributed by atoms with van der Waals surface area (Å²) in [6, 6.07) is 7.93. The maximum absolute atomic E-state index is 8.75. The van der Waals surface area contributed by atoms with E-state index < -0.39 is 0 Å². The number of hydrogen-bond donors (Lipinski definition) is 2. The molecule has 1 aliphatic carbocycles. The van der Waals surface area contributed by atoms with Gasteiger partial charge in [0.25, 0.3) is 0 Å². The van der Waals surface area contributed by atoms with Gasteiger partial charge in [-0.15, -0.1) is 0 Å². The van der Waals surface area contributed by atoms with Gasteiger partial charge in [0.15, 0.2) is 0 Å². The van der Waals surface area contributed by atoms with E-state index >= 15 is 0 Å². The van der Waals surface area contributed by atoms with Crippen LogP contribution in [-0.4, -0.2) is 19.3 Å². The van der Waals surface area contributed by atoms with Crippen molar-refractivity contribution in [1.29, 1.82) is 5.26 Å². The van der Waals surface area contributed by atoms with Gasteiger partial charge in [0.1, 0.15) is 6.07 Å². The minimum atomic E-state index is 0.383. The lowest BCUT2D eigenvalue weighted by Crippen LogP contribution is -2.40. The number of nitriles is 1. The second-order valence-electron chi connectivity index (χ2n) is 4.08. The molecule has 0 aromatic heterocycles. The van der Waals surface area contributed by atoms with Crippen LogP contribution in [0.25, 0.3) is 0 Å². The second kappa shape index (κ2) is 4.42. The van der Waals surface area contributed by atoms with Gasteiger partial charge in [-0.25, -0.2) is 0 Å². The Morgan fingerprint density at radius 3 is 2.81 bits per heavy atom. The molecule has 0 unspecified atom stereocenters. The highest BCUT2D eigenvalue weighted by Gasteiger charge is 2.28. The Morgan fingerprint density at radius 2 is 2.25 bits per heavy atom. The van der Waals surface area contributed by atoms with Gasteiger partial charge in [-0.05, 0) is 31.0 Å². The lowest BCUT2D eigenvalue weighted by molar-refractivity contribution is 0.0329. The van der Waals surface area contributed by atoms with Crippen molar-refractivity contribution in [2.24, 2.45) is 0 Å². The average Bonchev–Trinajstić information content (AvgIpc) is 2.23. The third-order valence-corrected chi connectivity index (χ3v) is 2.97. The van der Waals surface area contributed by atoms with Crippen LogP contribution in [0.3, 0.4) is 0 Å². The number of nitrogens with one attached hydrogen (secondary N) is 1. The summed E-state index contributed by atoms with van der Waals surface area (Å²) >= 11 is 0. The lowest BCUT2D eigenvalue weighted by Gasteiger charge is -2.35. The van der Waals surface area contributed by atoms with Crippen molar-refractivity contribution in [2.45, 2.75) is 25.0 Å². The Labute approximate surface area is 95.0 Å². The molecule has 3 N–H and O–H groups in total. The molecule has 1 aromatic carbocycles. The number of rotatable bonds is 3. The van der Waals surface area contributed by atoms with Gasteiger partial charge in [0.2, 0.25) is 0 Å². The van der Waals surface area contributed by atoms with E-state index in [2.05, 4.69) is 5.32 Å². The third-order valence-electron chi connectivity index (χ3n) is 2.97. The van der Waals surface area contributed by atoms with E-state index in [-0.39, 0.29) is 0 Å². The molecule has 4 heteroatoms. The van der Waals surface area contributed by atoms with Crippen molar-refractivity contribution in [3.8, 4) is 6.07 Å². The third kappa shape index (κ3) is 2.10. The molecule has 0 amide bonds. The van der Waals surface area contributed by atoms with Crippen LogP contribution in [0.1, 0.15) is 18.4 Å². The van der Waals surface area contributed by atoms with Crippen LogP contribution in [-0.2, 0) is 4.74 Å². The average molecular weight is 217 g/mol. The second-order valence-corrected chi connectivity index (χ2v) is 4.08. The number of nitrogens with zero attached hydrogens (tertiary/aromatic N) is 1. The van der Waals surface area contributed by atoms with Crippen LogP contribution in [0.5, 0.6) is 0 Å². The fourth-order valence-corrected chi connectivity index (χ4v) is 1.87. The maximum Gasteiger partial charge on any atom is 0.101 e. The van der Waals surface area contributed by atoms with Crippen molar-refractivity contribution < 1.29 is 4.74 Å². The molecule has 0 bridgehead atoms. The molecule has 2 rings (SSSR count). The molecule has 1 saturated carbocycles. The summed E-state index contributed by atoms with van der Waals surface area (Å²) in [7, 11) is 1.74. The molecule has 0 aliphatic heterocycles. The Morgan fingerprint density at radius 1 is 1.50 bits per heavy atom. The van der Waals surface area contributed by atoms with Crippen LogP contribution < -0.4 is 11.1 Å². The Balaban J connectivity index is 1.96. The lowest BCUT2D eigenvalue weighted by atomic mass is 9.89. The first-order chi connectivity index (χ1) is 7.72. The topological polar surface area (TPSA) is 71.1 Å². The molecule has 0 atom stereocenters. The Bertz CT molecular complexity index is 419. The van der Waals surface area contributed by atoms with Crippen LogP contribution in [0, 0.1) is 11.3 Å². The molecular weight excluding hydrogens is 202 g/mol. The maximum atomic E-state index is 8.75. The van der Waals surface area contributed by atoms with Crippen LogP contribution in [0.4, 0.5) is 11.4 Å². The van der Waals surface area contributed by atoms with Crippen molar-refractivity contribution in [2.75, 3.05) is 18.2 Å². The molecule has 4 nitrogen and oxygen atoms in total. The molecule has 0 spiro atoms. The minimum absolute atomic E-state index is 0.383. The molecule has 1 aromatic rings. The standard InChI is InChI=1S/C12H15N3O/c1-16-11-4-10(5-11)15-9-3-2-8(7-13)12(14)6-9/h2-3,6,10-11,15H,4-5,14H2,1H3. The molecule has 1 fully saturated rings. The normalized spacial score (nSPS) is 23.2. The van der Waals surface area contributed by atoms with E-state index in [0.29, 0.717) is 23.4 Å². The summed E-state index contributed by atoms with van der Waals surface area (Å²) in [5.74, 6) is 0. The first-order valence-electron chi connectivity index (χ1n) is 5.32. The summed E-state index contributed by atoms with van der Waals surface area (Å²) in [5, 5.41) is 12.1. The molecule has 0 heterocycles. The summed E-state index contributed by atoms with van der Waals surface area (Å²) in [5.41, 5.74) is 7.75. The van der Waals surface area contributed by atoms with E-state index in [1.54, 1.807) is 19.2 Å².